The number of ether oxygens (including phenoxy) is 1. The predicted octanol–water partition coefficient (Wildman–Crippen LogP) is 2.82. The van der Waals surface area contributed by atoms with Crippen LogP contribution in [0, 0.1) is 6.92 Å². The Kier molecular flexibility index (Phi) is 6.05. The molecule has 0 aromatic heterocycles. The molecule has 28 heavy (non-hydrogen) atoms. The van der Waals surface area contributed by atoms with E-state index in [1.165, 1.54) is 17.5 Å². The van der Waals surface area contributed by atoms with Crippen molar-refractivity contribution in [2.75, 3.05) is 20.7 Å². The molecule has 1 saturated heterocycles. The maximum absolute atomic E-state index is 13.3. The number of carbonyl (C=O) groups is 1. The largest absolute Gasteiger partial charge is 0.497 e. The number of carbonyl (C=O) groups excluding carboxylic acids is 1. The van der Waals surface area contributed by atoms with Crippen LogP contribution in [0.2, 0.25) is 0 Å². The van der Waals surface area contributed by atoms with E-state index in [9.17, 15) is 13.2 Å². The van der Waals surface area contributed by atoms with Gasteiger partial charge in [0.25, 0.3) is 0 Å². The summed E-state index contributed by atoms with van der Waals surface area (Å²) in [5.41, 5.74) is 1.64. The number of hydrogen-bond acceptors (Lipinski definition) is 4. The second kappa shape index (κ2) is 8.32. The van der Waals surface area contributed by atoms with Crippen LogP contribution in [0.15, 0.2) is 53.4 Å². The lowest BCUT2D eigenvalue weighted by molar-refractivity contribution is -0.133. The maximum atomic E-state index is 13.3. The Hall–Kier alpha value is -2.38. The first kappa shape index (κ1) is 20.4. The molecule has 0 aliphatic carbocycles. The number of hydrogen-bond donors (Lipinski definition) is 0. The van der Waals surface area contributed by atoms with Crippen LogP contribution in [0.25, 0.3) is 0 Å². The quantitative estimate of drug-likeness (QED) is 0.745. The van der Waals surface area contributed by atoms with Crippen molar-refractivity contribution in [3.05, 3.63) is 59.7 Å². The molecule has 3 rings (SSSR count). The predicted molar refractivity (Wildman–Crippen MR) is 108 cm³/mol. The molecule has 1 heterocycles. The summed E-state index contributed by atoms with van der Waals surface area (Å²) in [7, 11) is -0.577. The zero-order valence-corrected chi connectivity index (χ0v) is 17.3. The Morgan fingerprint density at radius 3 is 2.61 bits per heavy atom. The van der Waals surface area contributed by atoms with Crippen LogP contribution < -0.4 is 4.74 Å². The first-order valence-corrected chi connectivity index (χ1v) is 10.7. The molecule has 0 bridgehead atoms. The van der Waals surface area contributed by atoms with E-state index < -0.39 is 16.1 Å². The average Bonchev–Trinajstić information content (AvgIpc) is 3.19. The number of likely N-dealkylation sites (N-methyl/N-ethyl adjacent to an activating group) is 1. The molecule has 2 aromatic rings. The van der Waals surface area contributed by atoms with Gasteiger partial charge in [-0.25, -0.2) is 8.42 Å². The number of amides is 1. The van der Waals surface area contributed by atoms with Crippen LogP contribution in [0.5, 0.6) is 5.75 Å². The highest BCUT2D eigenvalue weighted by molar-refractivity contribution is 7.89. The topological polar surface area (TPSA) is 66.9 Å². The SMILES string of the molecule is COc1ccc(C)c(S(=O)(=O)N2CCCC2C(=O)N(C)Cc2ccccc2)c1. The number of sulfonamides is 1. The number of rotatable bonds is 6. The van der Waals surface area contributed by atoms with Crippen molar-refractivity contribution in [3.8, 4) is 5.75 Å². The van der Waals surface area contributed by atoms with E-state index in [0.717, 1.165) is 5.56 Å². The Bertz CT molecular complexity index is 944. The lowest BCUT2D eigenvalue weighted by Gasteiger charge is -2.28. The van der Waals surface area contributed by atoms with Crippen molar-refractivity contribution >= 4 is 15.9 Å². The van der Waals surface area contributed by atoms with Crippen molar-refractivity contribution in [2.45, 2.75) is 37.2 Å². The monoisotopic (exact) mass is 402 g/mol. The average molecular weight is 403 g/mol. The van der Waals surface area contributed by atoms with Gasteiger partial charge in [-0.1, -0.05) is 36.4 Å². The third kappa shape index (κ3) is 4.05. The van der Waals surface area contributed by atoms with Gasteiger partial charge in [0.05, 0.1) is 12.0 Å². The van der Waals surface area contributed by atoms with E-state index in [0.29, 0.717) is 37.2 Å². The highest BCUT2D eigenvalue weighted by Gasteiger charge is 2.41. The second-order valence-electron chi connectivity index (χ2n) is 7.09. The number of benzene rings is 2. The van der Waals surface area contributed by atoms with Crippen molar-refractivity contribution < 1.29 is 17.9 Å². The molecule has 1 atom stereocenters. The molecule has 2 aromatic carbocycles. The fourth-order valence-corrected chi connectivity index (χ4v) is 5.47. The summed E-state index contributed by atoms with van der Waals surface area (Å²) in [5, 5.41) is 0. The van der Waals surface area contributed by atoms with Gasteiger partial charge in [0.15, 0.2) is 0 Å². The van der Waals surface area contributed by atoms with E-state index in [2.05, 4.69) is 0 Å². The maximum Gasteiger partial charge on any atom is 0.244 e. The Balaban J connectivity index is 1.84. The zero-order valence-electron chi connectivity index (χ0n) is 16.5. The third-order valence-corrected chi connectivity index (χ3v) is 7.16. The van der Waals surface area contributed by atoms with Gasteiger partial charge in [0, 0.05) is 26.2 Å². The first-order valence-electron chi connectivity index (χ1n) is 9.30. The number of nitrogens with zero attached hydrogens (tertiary/aromatic N) is 2. The van der Waals surface area contributed by atoms with E-state index in [1.54, 1.807) is 31.0 Å². The van der Waals surface area contributed by atoms with Crippen LogP contribution >= 0.6 is 0 Å². The molecule has 0 radical (unpaired) electrons. The molecule has 1 aliphatic rings. The summed E-state index contributed by atoms with van der Waals surface area (Å²) < 4.78 is 33.2. The summed E-state index contributed by atoms with van der Waals surface area (Å²) in [6.07, 6.45) is 1.19. The minimum Gasteiger partial charge on any atom is -0.497 e. The number of methoxy groups -OCH3 is 1. The fraction of sp³-hybridized carbons (Fsp3) is 0.381. The van der Waals surface area contributed by atoms with Gasteiger partial charge in [-0.3, -0.25) is 4.79 Å². The van der Waals surface area contributed by atoms with Gasteiger partial charge >= 0.3 is 0 Å². The molecule has 7 heteroatoms. The van der Waals surface area contributed by atoms with Gasteiger partial charge < -0.3 is 9.64 Å². The van der Waals surface area contributed by atoms with Crippen LogP contribution in [0.1, 0.15) is 24.0 Å². The summed E-state index contributed by atoms with van der Waals surface area (Å²) >= 11 is 0. The van der Waals surface area contributed by atoms with Gasteiger partial charge in [-0.05, 0) is 37.0 Å². The molecule has 1 fully saturated rings. The summed E-state index contributed by atoms with van der Waals surface area (Å²) in [5.74, 6) is 0.304. The summed E-state index contributed by atoms with van der Waals surface area (Å²) in [6.45, 7) is 2.54. The Morgan fingerprint density at radius 1 is 1.21 bits per heavy atom. The van der Waals surface area contributed by atoms with Gasteiger partial charge in [0.1, 0.15) is 11.8 Å². The fourth-order valence-electron chi connectivity index (χ4n) is 3.58. The summed E-state index contributed by atoms with van der Waals surface area (Å²) in [6, 6.07) is 14.0. The molecular weight excluding hydrogens is 376 g/mol. The van der Waals surface area contributed by atoms with Crippen LogP contribution in [0.4, 0.5) is 0 Å². The van der Waals surface area contributed by atoms with Crippen molar-refractivity contribution in [1.82, 2.24) is 9.21 Å². The minimum atomic E-state index is -3.80. The van der Waals surface area contributed by atoms with E-state index >= 15 is 0 Å². The normalized spacial score (nSPS) is 17.5. The highest BCUT2D eigenvalue weighted by Crippen LogP contribution is 2.31. The molecule has 6 nitrogen and oxygen atoms in total. The Morgan fingerprint density at radius 2 is 1.93 bits per heavy atom. The lowest BCUT2D eigenvalue weighted by atomic mass is 10.1. The van der Waals surface area contributed by atoms with Gasteiger partial charge in [0.2, 0.25) is 15.9 Å². The van der Waals surface area contributed by atoms with Gasteiger partial charge in [-0.15, -0.1) is 0 Å². The van der Waals surface area contributed by atoms with Crippen molar-refractivity contribution in [3.63, 3.8) is 0 Å². The lowest BCUT2D eigenvalue weighted by Crippen LogP contribution is -2.46. The van der Waals surface area contributed by atoms with Crippen molar-refractivity contribution in [1.29, 1.82) is 0 Å². The summed E-state index contributed by atoms with van der Waals surface area (Å²) in [4.78, 5) is 14.8. The molecular formula is C21H26N2O4S. The van der Waals surface area contributed by atoms with Gasteiger partial charge in [-0.2, -0.15) is 4.31 Å². The smallest absolute Gasteiger partial charge is 0.244 e. The highest BCUT2D eigenvalue weighted by atomic mass is 32.2. The molecule has 0 spiro atoms. The van der Waals surface area contributed by atoms with Crippen molar-refractivity contribution in [2.24, 2.45) is 0 Å². The van der Waals surface area contributed by atoms with Crippen LogP contribution in [-0.2, 0) is 21.4 Å². The molecule has 0 saturated carbocycles. The number of aryl methyl sites for hydroxylation is 1. The van der Waals surface area contributed by atoms with Crippen LogP contribution in [-0.4, -0.2) is 50.3 Å². The molecule has 0 N–H and O–H groups in total. The molecule has 1 unspecified atom stereocenters. The molecule has 1 aliphatic heterocycles. The van der Waals surface area contributed by atoms with E-state index in [1.807, 2.05) is 30.3 Å². The Labute approximate surface area is 166 Å². The van der Waals surface area contributed by atoms with E-state index in [-0.39, 0.29) is 10.8 Å². The second-order valence-corrected chi connectivity index (χ2v) is 8.94. The molecule has 1 amide bonds. The first-order chi connectivity index (χ1) is 13.3. The molecule has 150 valence electrons. The standard InChI is InChI=1S/C21H26N2O4S/c1-16-11-12-18(27-3)14-20(16)28(25,26)23-13-7-10-19(23)21(24)22(2)15-17-8-5-4-6-9-17/h4-6,8-9,11-12,14,19H,7,10,13,15H2,1-3H3. The minimum absolute atomic E-state index is 0.175. The third-order valence-electron chi connectivity index (χ3n) is 5.11. The van der Waals surface area contributed by atoms with E-state index in [4.69, 9.17) is 4.74 Å². The van der Waals surface area contributed by atoms with Crippen LogP contribution in [0.3, 0.4) is 0 Å². The zero-order chi connectivity index (χ0) is 20.3.